The first-order chi connectivity index (χ1) is 14.5. The third-order valence-corrected chi connectivity index (χ3v) is 10.0. The zero-order valence-electron chi connectivity index (χ0n) is 16.7. The molecule has 2 aromatic rings. The molecule has 0 radical (unpaired) electrons. The molecule has 1 aromatic carbocycles. The van der Waals surface area contributed by atoms with Gasteiger partial charge in [0, 0.05) is 30.4 Å². The summed E-state index contributed by atoms with van der Waals surface area (Å²) in [5.41, 5.74) is 1.35. The Kier molecular flexibility index (Phi) is 5.42. The number of carbonyl (C=O) groups excluding carboxylic acids is 1. The van der Waals surface area contributed by atoms with Crippen LogP contribution in [0.1, 0.15) is 42.2 Å². The van der Waals surface area contributed by atoms with E-state index in [1.807, 2.05) is 0 Å². The smallest absolute Gasteiger partial charge is 0.244 e. The Morgan fingerprint density at radius 1 is 1.03 bits per heavy atom. The molecule has 1 saturated carbocycles. The van der Waals surface area contributed by atoms with E-state index in [0.717, 1.165) is 13.0 Å². The number of carbonyl (C=O) groups is 1. The average molecular weight is 465 g/mol. The average Bonchev–Trinajstić information content (AvgIpc) is 3.48. The molecule has 0 bridgehead atoms. The minimum absolute atomic E-state index is 0.107. The SMILES string of the molecule is O=C(C1CCN(S(=O)(=O)c2ccccc2Cl)CC1)N1CCc2sccc2C1C1CC1. The maximum absolute atomic E-state index is 13.4. The fourth-order valence-corrected chi connectivity index (χ4v) is 7.76. The highest BCUT2D eigenvalue weighted by molar-refractivity contribution is 7.89. The number of thiophene rings is 1. The molecule has 1 aromatic heterocycles. The van der Waals surface area contributed by atoms with Gasteiger partial charge >= 0.3 is 0 Å². The number of piperidine rings is 1. The zero-order valence-corrected chi connectivity index (χ0v) is 19.1. The van der Waals surface area contributed by atoms with Gasteiger partial charge in [-0.25, -0.2) is 8.42 Å². The van der Waals surface area contributed by atoms with Crippen LogP contribution in [0.2, 0.25) is 5.02 Å². The first-order valence-electron chi connectivity index (χ1n) is 10.6. The summed E-state index contributed by atoms with van der Waals surface area (Å²) in [5.74, 6) is 0.686. The van der Waals surface area contributed by atoms with Crippen LogP contribution in [-0.4, -0.2) is 43.2 Å². The van der Waals surface area contributed by atoms with E-state index in [0.29, 0.717) is 31.8 Å². The fourth-order valence-electron chi connectivity index (χ4n) is 4.88. The summed E-state index contributed by atoms with van der Waals surface area (Å²) >= 11 is 7.93. The Morgan fingerprint density at radius 2 is 1.77 bits per heavy atom. The molecule has 0 spiro atoms. The molecule has 1 unspecified atom stereocenters. The van der Waals surface area contributed by atoms with E-state index >= 15 is 0 Å². The van der Waals surface area contributed by atoms with Crippen LogP contribution in [-0.2, 0) is 21.2 Å². The molecule has 1 amide bonds. The van der Waals surface area contributed by atoms with Crippen molar-refractivity contribution < 1.29 is 13.2 Å². The molecule has 5 rings (SSSR count). The van der Waals surface area contributed by atoms with E-state index in [9.17, 15) is 13.2 Å². The van der Waals surface area contributed by atoms with E-state index in [1.165, 1.54) is 27.6 Å². The van der Waals surface area contributed by atoms with Crippen LogP contribution in [0.5, 0.6) is 0 Å². The number of halogens is 1. The summed E-state index contributed by atoms with van der Waals surface area (Å²) in [7, 11) is -3.64. The van der Waals surface area contributed by atoms with Gasteiger partial charge in [-0.1, -0.05) is 23.7 Å². The van der Waals surface area contributed by atoms with Crippen molar-refractivity contribution in [1.82, 2.24) is 9.21 Å². The molecule has 2 fully saturated rings. The van der Waals surface area contributed by atoms with Crippen molar-refractivity contribution in [2.75, 3.05) is 19.6 Å². The van der Waals surface area contributed by atoms with Crippen molar-refractivity contribution in [1.29, 1.82) is 0 Å². The third kappa shape index (κ3) is 3.60. The Balaban J connectivity index is 1.29. The van der Waals surface area contributed by atoms with E-state index in [1.54, 1.807) is 35.6 Å². The number of fused-ring (bicyclic) bond motifs is 1. The van der Waals surface area contributed by atoms with Crippen molar-refractivity contribution in [3.63, 3.8) is 0 Å². The highest BCUT2D eigenvalue weighted by Gasteiger charge is 2.44. The summed E-state index contributed by atoms with van der Waals surface area (Å²) in [6, 6.07) is 8.96. The molecular weight excluding hydrogens is 440 g/mol. The molecule has 3 heterocycles. The Bertz CT molecular complexity index is 1060. The van der Waals surface area contributed by atoms with Crippen LogP contribution in [0.15, 0.2) is 40.6 Å². The highest BCUT2D eigenvalue weighted by Crippen LogP contribution is 2.49. The van der Waals surface area contributed by atoms with Crippen molar-refractivity contribution >= 4 is 38.9 Å². The molecule has 5 nitrogen and oxygen atoms in total. The summed E-state index contributed by atoms with van der Waals surface area (Å²) in [6.07, 6.45) is 4.44. The van der Waals surface area contributed by atoms with Crippen molar-refractivity contribution in [2.24, 2.45) is 11.8 Å². The maximum atomic E-state index is 13.4. The lowest BCUT2D eigenvalue weighted by molar-refractivity contribution is -0.140. The number of benzene rings is 1. The van der Waals surface area contributed by atoms with Crippen LogP contribution >= 0.6 is 22.9 Å². The monoisotopic (exact) mass is 464 g/mol. The number of hydrogen-bond donors (Lipinski definition) is 0. The quantitative estimate of drug-likeness (QED) is 0.676. The number of sulfonamides is 1. The molecule has 2 aliphatic heterocycles. The van der Waals surface area contributed by atoms with Crippen LogP contribution in [0.25, 0.3) is 0 Å². The number of hydrogen-bond acceptors (Lipinski definition) is 4. The van der Waals surface area contributed by atoms with Crippen LogP contribution < -0.4 is 0 Å². The first kappa shape index (κ1) is 20.5. The minimum Gasteiger partial charge on any atom is -0.335 e. The Morgan fingerprint density at radius 3 is 2.47 bits per heavy atom. The number of amides is 1. The maximum Gasteiger partial charge on any atom is 0.244 e. The van der Waals surface area contributed by atoms with Gasteiger partial charge in [0.1, 0.15) is 4.90 Å². The molecule has 1 atom stereocenters. The third-order valence-electron chi connectivity index (χ3n) is 6.62. The zero-order chi connectivity index (χ0) is 20.9. The predicted molar refractivity (Wildman–Crippen MR) is 118 cm³/mol. The van der Waals surface area contributed by atoms with E-state index in [4.69, 9.17) is 11.6 Å². The van der Waals surface area contributed by atoms with Gasteiger partial charge in [-0.15, -0.1) is 11.3 Å². The Hall–Kier alpha value is -1.41. The van der Waals surface area contributed by atoms with Gasteiger partial charge < -0.3 is 4.90 Å². The molecular formula is C22H25ClN2O3S2. The lowest BCUT2D eigenvalue weighted by atomic mass is 9.91. The van der Waals surface area contributed by atoms with Crippen molar-refractivity contribution in [2.45, 2.75) is 43.0 Å². The van der Waals surface area contributed by atoms with E-state index < -0.39 is 10.0 Å². The molecule has 0 N–H and O–H groups in total. The summed E-state index contributed by atoms with van der Waals surface area (Å²) in [6.45, 7) is 1.50. The van der Waals surface area contributed by atoms with Gasteiger partial charge in [-0.3, -0.25) is 4.79 Å². The number of rotatable bonds is 4. The second kappa shape index (κ2) is 7.93. The van der Waals surface area contributed by atoms with Gasteiger partial charge in [0.2, 0.25) is 15.9 Å². The van der Waals surface area contributed by atoms with Gasteiger partial charge in [0.05, 0.1) is 11.1 Å². The van der Waals surface area contributed by atoms with Crippen LogP contribution in [0.3, 0.4) is 0 Å². The first-order valence-corrected chi connectivity index (χ1v) is 13.3. The molecule has 3 aliphatic rings. The summed E-state index contributed by atoms with van der Waals surface area (Å²) in [4.78, 5) is 17.1. The lowest BCUT2D eigenvalue weighted by Crippen LogP contribution is -2.47. The molecule has 1 aliphatic carbocycles. The minimum atomic E-state index is -3.64. The molecule has 1 saturated heterocycles. The van der Waals surface area contributed by atoms with E-state index in [-0.39, 0.29) is 27.8 Å². The largest absolute Gasteiger partial charge is 0.335 e. The van der Waals surface area contributed by atoms with Gasteiger partial charge in [0.15, 0.2) is 0 Å². The Labute approximate surface area is 186 Å². The van der Waals surface area contributed by atoms with Gasteiger partial charge in [-0.2, -0.15) is 4.31 Å². The molecule has 160 valence electrons. The summed E-state index contributed by atoms with van der Waals surface area (Å²) < 4.78 is 27.5. The molecule has 30 heavy (non-hydrogen) atoms. The fraction of sp³-hybridized carbons (Fsp3) is 0.500. The second-order valence-electron chi connectivity index (χ2n) is 8.47. The van der Waals surface area contributed by atoms with Crippen LogP contribution in [0, 0.1) is 11.8 Å². The normalized spacial score (nSPS) is 23.4. The highest BCUT2D eigenvalue weighted by atomic mass is 35.5. The number of nitrogens with zero attached hydrogens (tertiary/aromatic N) is 2. The van der Waals surface area contributed by atoms with Gasteiger partial charge in [0.25, 0.3) is 0 Å². The lowest BCUT2D eigenvalue weighted by Gasteiger charge is -2.40. The van der Waals surface area contributed by atoms with Crippen molar-refractivity contribution in [3.8, 4) is 0 Å². The van der Waals surface area contributed by atoms with Crippen LogP contribution in [0.4, 0.5) is 0 Å². The second-order valence-corrected chi connectivity index (χ2v) is 11.8. The van der Waals surface area contributed by atoms with Gasteiger partial charge in [-0.05, 0) is 67.2 Å². The summed E-state index contributed by atoms with van der Waals surface area (Å²) in [5, 5.41) is 2.38. The predicted octanol–water partition coefficient (Wildman–Crippen LogP) is 4.34. The standard InChI is InChI=1S/C22H25ClN2O3S2/c23-18-3-1-2-4-20(18)30(27,28)24-11-7-16(8-12-24)22(26)25-13-9-19-17(10-14-29-19)21(25)15-5-6-15/h1-4,10,14-16,21H,5-9,11-13H2. The van der Waals surface area contributed by atoms with Crippen molar-refractivity contribution in [3.05, 3.63) is 51.2 Å². The topological polar surface area (TPSA) is 57.7 Å². The van der Waals surface area contributed by atoms with E-state index in [2.05, 4.69) is 16.3 Å². The molecule has 8 heteroatoms.